The average molecular weight is 410 g/mol. The smallest absolute Gasteiger partial charge is 0.152 e. The molecule has 0 spiro atoms. The van der Waals surface area contributed by atoms with Crippen LogP contribution >= 0.6 is 11.3 Å². The van der Waals surface area contributed by atoms with Crippen LogP contribution in [0.15, 0.2) is 35.7 Å². The van der Waals surface area contributed by atoms with Gasteiger partial charge in [-0.25, -0.2) is 9.97 Å². The van der Waals surface area contributed by atoms with Gasteiger partial charge in [-0.3, -0.25) is 0 Å². The molecule has 6 nitrogen and oxygen atoms in total. The molecule has 29 heavy (non-hydrogen) atoms. The summed E-state index contributed by atoms with van der Waals surface area (Å²) in [6.45, 7) is 4.48. The van der Waals surface area contributed by atoms with Crippen LogP contribution in [-0.2, 0) is 19.5 Å². The van der Waals surface area contributed by atoms with E-state index in [9.17, 15) is 0 Å². The van der Waals surface area contributed by atoms with Crippen LogP contribution in [0.1, 0.15) is 36.7 Å². The summed E-state index contributed by atoms with van der Waals surface area (Å²) in [5.74, 6) is 1.58. The van der Waals surface area contributed by atoms with Crippen molar-refractivity contribution in [1.82, 2.24) is 19.9 Å². The van der Waals surface area contributed by atoms with Gasteiger partial charge in [0, 0.05) is 26.1 Å². The molecule has 4 aromatic rings. The van der Waals surface area contributed by atoms with E-state index in [1.807, 2.05) is 6.07 Å². The van der Waals surface area contributed by atoms with Crippen LogP contribution in [0, 0.1) is 0 Å². The Kier molecular flexibility index (Phi) is 6.08. The van der Waals surface area contributed by atoms with Gasteiger partial charge >= 0.3 is 0 Å². The molecule has 7 heteroatoms. The van der Waals surface area contributed by atoms with Crippen molar-refractivity contribution in [2.45, 2.75) is 39.3 Å². The lowest BCUT2D eigenvalue weighted by atomic mass is 10.1. The van der Waals surface area contributed by atoms with Crippen molar-refractivity contribution in [2.75, 3.05) is 18.9 Å². The Labute approximate surface area is 174 Å². The van der Waals surface area contributed by atoms with Crippen LogP contribution in [0.5, 0.6) is 0 Å². The summed E-state index contributed by atoms with van der Waals surface area (Å²) in [6.07, 6.45) is 3.15. The van der Waals surface area contributed by atoms with E-state index in [-0.39, 0.29) is 6.61 Å². The lowest BCUT2D eigenvalue weighted by Gasteiger charge is -2.11. The number of benzene rings is 1. The third-order valence-electron chi connectivity index (χ3n) is 5.12. The molecule has 0 bridgehead atoms. The van der Waals surface area contributed by atoms with E-state index in [0.717, 1.165) is 59.4 Å². The maximum absolute atomic E-state index is 8.90. The fraction of sp³-hybridized carbons (Fsp3) is 0.364. The molecule has 0 saturated heterocycles. The van der Waals surface area contributed by atoms with Crippen molar-refractivity contribution in [1.29, 1.82) is 0 Å². The molecule has 0 aliphatic heterocycles. The number of nitrogen functional groups attached to an aromatic ring is 1. The number of rotatable bonds is 9. The predicted molar refractivity (Wildman–Crippen MR) is 120 cm³/mol. The Balaban J connectivity index is 1.71. The number of aromatic nitrogens is 3. The van der Waals surface area contributed by atoms with Crippen LogP contribution in [0.25, 0.3) is 21.3 Å². The first-order valence-electron chi connectivity index (χ1n) is 10.1. The lowest BCUT2D eigenvalue weighted by molar-refractivity contribution is 0.292. The molecule has 0 unspecified atom stereocenters. The number of anilines is 1. The molecule has 0 radical (unpaired) electrons. The summed E-state index contributed by atoms with van der Waals surface area (Å²) in [5, 5.41) is 14.2. The number of aliphatic hydroxyl groups excluding tert-OH is 1. The number of imidazole rings is 1. The summed E-state index contributed by atoms with van der Waals surface area (Å²) in [6, 6.07) is 10.6. The highest BCUT2D eigenvalue weighted by Gasteiger charge is 2.18. The van der Waals surface area contributed by atoms with Crippen LogP contribution in [0.4, 0.5) is 5.82 Å². The largest absolute Gasteiger partial charge is 0.395 e. The maximum Gasteiger partial charge on any atom is 0.152 e. The molecule has 1 aromatic carbocycles. The Morgan fingerprint density at radius 1 is 1.14 bits per heavy atom. The Morgan fingerprint density at radius 3 is 2.69 bits per heavy atom. The van der Waals surface area contributed by atoms with Gasteiger partial charge in [0.05, 0.1) is 22.3 Å². The fourth-order valence-corrected chi connectivity index (χ4v) is 4.50. The fourth-order valence-electron chi connectivity index (χ4n) is 3.61. The number of nitrogens with two attached hydrogens (primary N) is 1. The van der Waals surface area contributed by atoms with Crippen molar-refractivity contribution in [3.8, 4) is 0 Å². The highest BCUT2D eigenvalue weighted by Crippen LogP contribution is 2.33. The minimum atomic E-state index is 0.154. The Hall–Kier alpha value is -2.48. The van der Waals surface area contributed by atoms with Gasteiger partial charge in [0.25, 0.3) is 0 Å². The van der Waals surface area contributed by atoms with Crippen LogP contribution < -0.4 is 11.1 Å². The van der Waals surface area contributed by atoms with Crippen LogP contribution in [-0.4, -0.2) is 32.8 Å². The minimum Gasteiger partial charge on any atom is -0.395 e. The van der Waals surface area contributed by atoms with Crippen molar-refractivity contribution in [2.24, 2.45) is 0 Å². The molecule has 0 saturated carbocycles. The van der Waals surface area contributed by atoms with E-state index in [2.05, 4.69) is 51.4 Å². The van der Waals surface area contributed by atoms with E-state index in [1.165, 1.54) is 11.1 Å². The number of pyridine rings is 1. The van der Waals surface area contributed by atoms with Crippen LogP contribution in [0.2, 0.25) is 0 Å². The molecule has 0 aliphatic rings. The van der Waals surface area contributed by atoms with Gasteiger partial charge in [0.1, 0.15) is 11.3 Å². The molecule has 0 amide bonds. The number of nitrogens with zero attached hydrogens (tertiary/aromatic N) is 3. The number of hydrogen-bond donors (Lipinski definition) is 3. The predicted octanol–water partition coefficient (Wildman–Crippen LogP) is 3.70. The monoisotopic (exact) mass is 409 g/mol. The zero-order valence-electron chi connectivity index (χ0n) is 16.7. The van der Waals surface area contributed by atoms with Gasteiger partial charge < -0.3 is 20.7 Å². The van der Waals surface area contributed by atoms with Gasteiger partial charge in [-0.15, -0.1) is 11.3 Å². The normalized spacial score (nSPS) is 11.7. The van der Waals surface area contributed by atoms with Gasteiger partial charge in [-0.05, 0) is 29.0 Å². The third kappa shape index (κ3) is 4.12. The van der Waals surface area contributed by atoms with Gasteiger partial charge in [0.2, 0.25) is 0 Å². The first-order chi connectivity index (χ1) is 14.2. The molecule has 0 fully saturated rings. The minimum absolute atomic E-state index is 0.154. The molecule has 3 heterocycles. The van der Waals surface area contributed by atoms with E-state index < -0.39 is 0 Å². The average Bonchev–Trinajstić information content (AvgIpc) is 3.33. The zero-order valence-corrected chi connectivity index (χ0v) is 17.5. The SMILES string of the molecule is CCCCc1nc2c(N)nc3ccsc3c2n1Cc1ccc(CNCCO)cc1. The lowest BCUT2D eigenvalue weighted by Crippen LogP contribution is -2.17. The summed E-state index contributed by atoms with van der Waals surface area (Å²) in [7, 11) is 0. The standard InChI is InChI=1S/C22H27N5OS/c1-2-3-4-18-26-19-20(21-17(9-12-29-21)25-22(19)23)27(18)14-16-7-5-15(6-8-16)13-24-10-11-28/h5-9,12,24,28H,2-4,10-11,13-14H2,1H3,(H2,23,25). The molecule has 3 aromatic heterocycles. The molecule has 4 N–H and O–H groups in total. The van der Waals surface area contributed by atoms with E-state index >= 15 is 0 Å². The van der Waals surface area contributed by atoms with Crippen molar-refractivity contribution in [3.05, 3.63) is 52.7 Å². The first-order valence-corrected chi connectivity index (χ1v) is 11.0. The third-order valence-corrected chi connectivity index (χ3v) is 6.04. The molecular formula is C22H27N5OS. The topological polar surface area (TPSA) is 89.0 Å². The zero-order chi connectivity index (χ0) is 20.2. The second kappa shape index (κ2) is 8.90. The number of nitrogens with one attached hydrogen (secondary N) is 1. The summed E-state index contributed by atoms with van der Waals surface area (Å²) < 4.78 is 3.47. The summed E-state index contributed by atoms with van der Waals surface area (Å²) >= 11 is 1.69. The van der Waals surface area contributed by atoms with Gasteiger partial charge in [-0.1, -0.05) is 37.6 Å². The maximum atomic E-state index is 8.90. The van der Waals surface area contributed by atoms with E-state index in [0.29, 0.717) is 12.4 Å². The van der Waals surface area contributed by atoms with E-state index in [4.69, 9.17) is 15.8 Å². The summed E-state index contributed by atoms with van der Waals surface area (Å²) in [5.41, 5.74) is 11.5. The number of thiophene rings is 1. The number of aryl methyl sites for hydroxylation is 1. The molecule has 0 atom stereocenters. The van der Waals surface area contributed by atoms with Crippen molar-refractivity contribution >= 4 is 38.4 Å². The first kappa shape index (κ1) is 19.8. The molecule has 0 aliphatic carbocycles. The number of fused-ring (bicyclic) bond motifs is 3. The van der Waals surface area contributed by atoms with Gasteiger partial charge in [0.15, 0.2) is 5.82 Å². The Bertz CT molecular complexity index is 1100. The van der Waals surface area contributed by atoms with Crippen molar-refractivity contribution < 1.29 is 5.11 Å². The molecule has 152 valence electrons. The number of aliphatic hydroxyl groups is 1. The molecular weight excluding hydrogens is 382 g/mol. The highest BCUT2D eigenvalue weighted by atomic mass is 32.1. The quantitative estimate of drug-likeness (QED) is 0.367. The number of hydrogen-bond acceptors (Lipinski definition) is 6. The summed E-state index contributed by atoms with van der Waals surface area (Å²) in [4.78, 5) is 9.43. The van der Waals surface area contributed by atoms with Crippen LogP contribution in [0.3, 0.4) is 0 Å². The number of unbranched alkanes of at least 4 members (excludes halogenated alkanes) is 1. The second-order valence-electron chi connectivity index (χ2n) is 7.26. The second-order valence-corrected chi connectivity index (χ2v) is 8.18. The Morgan fingerprint density at radius 2 is 1.93 bits per heavy atom. The van der Waals surface area contributed by atoms with Gasteiger partial charge in [-0.2, -0.15) is 0 Å². The molecule has 4 rings (SSSR count). The highest BCUT2D eigenvalue weighted by molar-refractivity contribution is 7.18. The van der Waals surface area contributed by atoms with E-state index in [1.54, 1.807) is 11.3 Å². The van der Waals surface area contributed by atoms with Crippen molar-refractivity contribution in [3.63, 3.8) is 0 Å².